The molecule has 100 valence electrons. The second-order valence-electron chi connectivity index (χ2n) is 4.98. The largest absolute Gasteiger partial charge is 0.294 e. The molecule has 2 heterocycles. The summed E-state index contributed by atoms with van der Waals surface area (Å²) in [5.41, 5.74) is 0.794. The first-order valence-corrected chi connectivity index (χ1v) is 9.10. The number of hydrogen-bond donors (Lipinski definition) is 0. The van der Waals surface area contributed by atoms with Crippen molar-refractivity contribution in [3.8, 4) is 0 Å². The molecule has 18 heavy (non-hydrogen) atoms. The lowest BCUT2D eigenvalue weighted by molar-refractivity contribution is 0.0927. The topological polar surface area (TPSA) is 20.3 Å². The SMILES string of the molecule is CC1(C)CN(CC(=O)c2cc(Br)sc2Br)CCS1. The van der Waals surface area contributed by atoms with Crippen molar-refractivity contribution in [1.82, 2.24) is 4.90 Å². The van der Waals surface area contributed by atoms with E-state index in [0.717, 1.165) is 32.0 Å². The highest BCUT2D eigenvalue weighted by atomic mass is 79.9. The number of thioether (sulfide) groups is 1. The predicted molar refractivity (Wildman–Crippen MR) is 87.0 cm³/mol. The van der Waals surface area contributed by atoms with E-state index in [1.807, 2.05) is 17.8 Å². The molecule has 0 spiro atoms. The molecule has 1 aliphatic rings. The van der Waals surface area contributed by atoms with Crippen molar-refractivity contribution >= 4 is 60.7 Å². The second-order valence-corrected chi connectivity index (χ2v) is 10.5. The summed E-state index contributed by atoms with van der Waals surface area (Å²) >= 11 is 10.4. The van der Waals surface area contributed by atoms with E-state index >= 15 is 0 Å². The number of hydrogen-bond acceptors (Lipinski definition) is 4. The molecule has 1 saturated heterocycles. The Balaban J connectivity index is 2.01. The summed E-state index contributed by atoms with van der Waals surface area (Å²) < 4.78 is 2.17. The van der Waals surface area contributed by atoms with Crippen LogP contribution in [0.25, 0.3) is 0 Å². The maximum absolute atomic E-state index is 12.3. The Morgan fingerprint density at radius 3 is 2.78 bits per heavy atom. The van der Waals surface area contributed by atoms with Gasteiger partial charge in [-0.15, -0.1) is 11.3 Å². The van der Waals surface area contributed by atoms with E-state index in [0.29, 0.717) is 6.54 Å². The summed E-state index contributed by atoms with van der Waals surface area (Å²) in [6, 6.07) is 1.90. The Hall–Kier alpha value is 0.640. The van der Waals surface area contributed by atoms with E-state index < -0.39 is 0 Å². The maximum atomic E-state index is 12.3. The molecule has 0 bridgehead atoms. The third-order valence-electron chi connectivity index (χ3n) is 2.83. The second kappa shape index (κ2) is 5.95. The molecule has 1 fully saturated rings. The van der Waals surface area contributed by atoms with Gasteiger partial charge in [0.2, 0.25) is 0 Å². The molecule has 0 N–H and O–H groups in total. The van der Waals surface area contributed by atoms with Crippen LogP contribution in [0.3, 0.4) is 0 Å². The van der Waals surface area contributed by atoms with Crippen molar-refractivity contribution in [1.29, 1.82) is 0 Å². The van der Waals surface area contributed by atoms with Gasteiger partial charge in [-0.3, -0.25) is 9.69 Å². The Morgan fingerprint density at radius 1 is 1.50 bits per heavy atom. The van der Waals surface area contributed by atoms with Crippen LogP contribution in [-0.4, -0.2) is 40.8 Å². The molecule has 0 aliphatic carbocycles. The van der Waals surface area contributed by atoms with Gasteiger partial charge in [0.15, 0.2) is 5.78 Å². The fourth-order valence-corrected chi connectivity index (χ4v) is 6.10. The highest BCUT2D eigenvalue weighted by molar-refractivity contribution is 9.12. The molecular formula is C12H15Br2NOS2. The highest BCUT2D eigenvalue weighted by Gasteiger charge is 2.28. The summed E-state index contributed by atoms with van der Waals surface area (Å²) in [4.78, 5) is 14.5. The Labute approximate surface area is 133 Å². The van der Waals surface area contributed by atoms with E-state index in [-0.39, 0.29) is 10.5 Å². The number of thiophene rings is 1. The van der Waals surface area contributed by atoms with E-state index in [9.17, 15) is 4.79 Å². The number of rotatable bonds is 3. The van der Waals surface area contributed by atoms with Gasteiger partial charge in [-0.05, 0) is 51.8 Å². The van der Waals surface area contributed by atoms with E-state index in [1.54, 1.807) is 11.3 Å². The number of carbonyl (C=O) groups excluding carboxylic acids is 1. The number of nitrogens with zero attached hydrogens (tertiary/aromatic N) is 1. The molecule has 6 heteroatoms. The molecule has 1 aromatic heterocycles. The zero-order valence-corrected chi connectivity index (χ0v) is 15.1. The van der Waals surface area contributed by atoms with Crippen molar-refractivity contribution in [2.45, 2.75) is 18.6 Å². The summed E-state index contributed by atoms with van der Waals surface area (Å²) in [6.45, 7) is 6.98. The van der Waals surface area contributed by atoms with Crippen LogP contribution in [-0.2, 0) is 0 Å². The molecule has 1 aliphatic heterocycles. The van der Waals surface area contributed by atoms with Crippen LogP contribution in [0.2, 0.25) is 0 Å². The summed E-state index contributed by atoms with van der Waals surface area (Å²) in [5, 5.41) is 0. The van der Waals surface area contributed by atoms with Crippen molar-refractivity contribution in [2.24, 2.45) is 0 Å². The monoisotopic (exact) mass is 411 g/mol. The van der Waals surface area contributed by atoms with Crippen molar-refractivity contribution < 1.29 is 4.79 Å². The number of halogens is 2. The van der Waals surface area contributed by atoms with Gasteiger partial charge < -0.3 is 0 Å². The Morgan fingerprint density at radius 2 is 2.22 bits per heavy atom. The Kier molecular flexibility index (Phi) is 4.97. The molecule has 0 saturated carbocycles. The minimum Gasteiger partial charge on any atom is -0.294 e. The third-order valence-corrected chi connectivity index (χ3v) is 6.47. The smallest absolute Gasteiger partial charge is 0.178 e. The molecule has 0 unspecified atom stereocenters. The number of Topliss-reactive ketones (excluding diaryl/α,β-unsaturated/α-hetero) is 1. The van der Waals surface area contributed by atoms with Gasteiger partial charge in [0.05, 0.1) is 14.1 Å². The lowest BCUT2D eigenvalue weighted by Crippen LogP contribution is -2.45. The molecular weight excluding hydrogens is 398 g/mol. The fraction of sp³-hybridized carbons (Fsp3) is 0.583. The average Bonchev–Trinajstić information content (AvgIpc) is 2.56. The minimum absolute atomic E-state index is 0.200. The van der Waals surface area contributed by atoms with E-state index in [2.05, 4.69) is 50.6 Å². The van der Waals surface area contributed by atoms with Crippen LogP contribution < -0.4 is 0 Å². The number of ketones is 1. The first-order valence-electron chi connectivity index (χ1n) is 5.72. The zero-order valence-electron chi connectivity index (χ0n) is 10.3. The first kappa shape index (κ1) is 15.0. The van der Waals surface area contributed by atoms with Gasteiger partial charge in [-0.2, -0.15) is 11.8 Å². The predicted octanol–water partition coefficient (Wildman–Crippen LogP) is 4.28. The normalized spacial score (nSPS) is 20.0. The van der Waals surface area contributed by atoms with Gasteiger partial charge in [0, 0.05) is 29.2 Å². The van der Waals surface area contributed by atoms with E-state index in [1.165, 1.54) is 0 Å². The number of carbonyl (C=O) groups is 1. The summed E-state index contributed by atoms with van der Waals surface area (Å²) in [7, 11) is 0. The third kappa shape index (κ3) is 3.82. The van der Waals surface area contributed by atoms with Gasteiger partial charge >= 0.3 is 0 Å². The van der Waals surface area contributed by atoms with Crippen molar-refractivity contribution in [2.75, 3.05) is 25.4 Å². The van der Waals surface area contributed by atoms with Gasteiger partial charge in [0.25, 0.3) is 0 Å². The van der Waals surface area contributed by atoms with Gasteiger partial charge in [-0.25, -0.2) is 0 Å². The fourth-order valence-electron chi connectivity index (χ4n) is 2.07. The van der Waals surface area contributed by atoms with Crippen LogP contribution in [0, 0.1) is 0 Å². The molecule has 2 nitrogen and oxygen atoms in total. The quantitative estimate of drug-likeness (QED) is 0.691. The highest BCUT2D eigenvalue weighted by Crippen LogP contribution is 2.33. The van der Waals surface area contributed by atoms with Crippen molar-refractivity contribution in [3.63, 3.8) is 0 Å². The summed E-state index contributed by atoms with van der Waals surface area (Å²) in [5.74, 6) is 1.31. The first-order chi connectivity index (χ1) is 8.37. The standard InChI is InChI=1S/C12H15Br2NOS2/c1-12(2)7-15(3-4-17-12)6-9(16)8-5-10(13)18-11(8)14/h5H,3-4,6-7H2,1-2H3. The molecule has 0 atom stereocenters. The van der Waals surface area contributed by atoms with Crippen LogP contribution in [0.4, 0.5) is 0 Å². The van der Waals surface area contributed by atoms with Crippen LogP contribution in [0.15, 0.2) is 13.6 Å². The lowest BCUT2D eigenvalue weighted by Gasteiger charge is -2.37. The van der Waals surface area contributed by atoms with Gasteiger partial charge in [0.1, 0.15) is 0 Å². The zero-order chi connectivity index (χ0) is 13.3. The Bertz CT molecular complexity index is 459. The maximum Gasteiger partial charge on any atom is 0.178 e. The molecule has 1 aromatic rings. The molecule has 0 aromatic carbocycles. The average molecular weight is 413 g/mol. The van der Waals surface area contributed by atoms with Gasteiger partial charge in [-0.1, -0.05) is 0 Å². The molecule has 0 amide bonds. The van der Waals surface area contributed by atoms with Crippen LogP contribution >= 0.6 is 55.0 Å². The van der Waals surface area contributed by atoms with Crippen LogP contribution in [0.5, 0.6) is 0 Å². The summed E-state index contributed by atoms with van der Waals surface area (Å²) in [6.07, 6.45) is 0. The minimum atomic E-state index is 0.200. The molecule has 2 rings (SSSR count). The van der Waals surface area contributed by atoms with E-state index in [4.69, 9.17) is 0 Å². The molecule has 0 radical (unpaired) electrons. The lowest BCUT2D eigenvalue weighted by atomic mass is 10.1. The van der Waals surface area contributed by atoms with Crippen molar-refractivity contribution in [3.05, 3.63) is 19.2 Å². The van der Waals surface area contributed by atoms with Crippen LogP contribution in [0.1, 0.15) is 24.2 Å².